The number of aryl methyl sites for hydroxylation is 1. The molecule has 1 aromatic carbocycles. The number of aromatic hydroxyl groups is 1. The van der Waals surface area contributed by atoms with Crippen molar-refractivity contribution in [3.8, 4) is 5.75 Å². The molecule has 0 aliphatic heterocycles. The van der Waals surface area contributed by atoms with Gasteiger partial charge in [0.25, 0.3) is 0 Å². The standard InChI is InChI=1S/C10H13NO2/c1-3-9(12)11-8-6-4-5-7(2)10(8)13/h4-6,13H,3H2,1-2H3,(H,11,12). The zero-order valence-electron chi connectivity index (χ0n) is 7.79. The van der Waals surface area contributed by atoms with Crippen molar-refractivity contribution in [3.05, 3.63) is 23.8 Å². The van der Waals surface area contributed by atoms with Crippen molar-refractivity contribution in [2.45, 2.75) is 20.3 Å². The van der Waals surface area contributed by atoms with Crippen molar-refractivity contribution in [2.24, 2.45) is 0 Å². The zero-order chi connectivity index (χ0) is 9.84. The van der Waals surface area contributed by atoms with Crippen molar-refractivity contribution < 1.29 is 9.90 Å². The van der Waals surface area contributed by atoms with Gasteiger partial charge in [-0.1, -0.05) is 19.1 Å². The van der Waals surface area contributed by atoms with Crippen molar-refractivity contribution in [1.82, 2.24) is 0 Å². The predicted octanol–water partition coefficient (Wildman–Crippen LogP) is 2.05. The maximum Gasteiger partial charge on any atom is 0.224 e. The Labute approximate surface area is 77.4 Å². The Kier molecular flexibility index (Phi) is 2.90. The minimum absolute atomic E-state index is 0.0964. The fourth-order valence-corrected chi connectivity index (χ4v) is 0.998. The van der Waals surface area contributed by atoms with E-state index in [1.807, 2.05) is 0 Å². The summed E-state index contributed by atoms with van der Waals surface area (Å²) in [6, 6.07) is 5.26. The molecule has 0 atom stereocenters. The van der Waals surface area contributed by atoms with Gasteiger partial charge < -0.3 is 10.4 Å². The van der Waals surface area contributed by atoms with Crippen LogP contribution < -0.4 is 5.32 Å². The Bertz CT molecular complexity index is 321. The molecule has 2 N–H and O–H groups in total. The van der Waals surface area contributed by atoms with E-state index in [1.165, 1.54) is 0 Å². The summed E-state index contributed by atoms with van der Waals surface area (Å²) in [5.74, 6) is 0.0465. The molecule has 3 nitrogen and oxygen atoms in total. The number of carbonyl (C=O) groups is 1. The molecule has 1 aromatic rings. The summed E-state index contributed by atoms with van der Waals surface area (Å²) >= 11 is 0. The molecule has 0 aromatic heterocycles. The molecule has 1 rings (SSSR count). The van der Waals surface area contributed by atoms with Gasteiger partial charge in [-0.25, -0.2) is 0 Å². The molecule has 0 unspecified atom stereocenters. The van der Waals surface area contributed by atoms with Crippen molar-refractivity contribution in [2.75, 3.05) is 5.32 Å². The monoisotopic (exact) mass is 179 g/mol. The topological polar surface area (TPSA) is 49.3 Å². The molecule has 0 aliphatic carbocycles. The van der Waals surface area contributed by atoms with Crippen molar-refractivity contribution >= 4 is 11.6 Å². The summed E-state index contributed by atoms with van der Waals surface area (Å²) in [4.78, 5) is 11.0. The van der Waals surface area contributed by atoms with Crippen LogP contribution in [0.2, 0.25) is 0 Å². The molecule has 0 radical (unpaired) electrons. The van der Waals surface area contributed by atoms with Crippen LogP contribution in [-0.4, -0.2) is 11.0 Å². The van der Waals surface area contributed by atoms with Gasteiger partial charge in [0.15, 0.2) is 0 Å². The number of phenolic OH excluding ortho intramolecular Hbond substituents is 1. The third-order valence-electron chi connectivity index (χ3n) is 1.83. The molecule has 13 heavy (non-hydrogen) atoms. The van der Waals surface area contributed by atoms with Crippen LogP contribution in [0.5, 0.6) is 5.75 Å². The van der Waals surface area contributed by atoms with Gasteiger partial charge >= 0.3 is 0 Å². The summed E-state index contributed by atoms with van der Waals surface area (Å²) in [6.45, 7) is 3.55. The smallest absolute Gasteiger partial charge is 0.224 e. The fourth-order valence-electron chi connectivity index (χ4n) is 0.998. The van der Waals surface area contributed by atoms with Gasteiger partial charge in [0.2, 0.25) is 5.91 Å². The molecule has 1 amide bonds. The van der Waals surface area contributed by atoms with Gasteiger partial charge in [0.05, 0.1) is 5.69 Å². The molecular weight excluding hydrogens is 166 g/mol. The Hall–Kier alpha value is -1.51. The first-order valence-corrected chi connectivity index (χ1v) is 4.23. The number of carbonyl (C=O) groups excluding carboxylic acids is 1. The highest BCUT2D eigenvalue weighted by Gasteiger charge is 2.05. The van der Waals surface area contributed by atoms with Gasteiger partial charge in [-0.05, 0) is 18.6 Å². The van der Waals surface area contributed by atoms with E-state index in [4.69, 9.17) is 0 Å². The van der Waals surface area contributed by atoms with Crippen LogP contribution in [0.25, 0.3) is 0 Å². The number of nitrogens with one attached hydrogen (secondary N) is 1. The second-order valence-corrected chi connectivity index (χ2v) is 2.87. The average molecular weight is 179 g/mol. The van der Waals surface area contributed by atoms with E-state index in [2.05, 4.69) is 5.32 Å². The highest BCUT2D eigenvalue weighted by molar-refractivity contribution is 5.92. The summed E-state index contributed by atoms with van der Waals surface area (Å²) in [7, 11) is 0. The molecule has 70 valence electrons. The number of phenols is 1. The second-order valence-electron chi connectivity index (χ2n) is 2.87. The van der Waals surface area contributed by atoms with Gasteiger partial charge in [0.1, 0.15) is 5.75 Å². The SMILES string of the molecule is CCC(=O)Nc1cccc(C)c1O. The van der Waals surface area contributed by atoms with E-state index < -0.39 is 0 Å². The van der Waals surface area contributed by atoms with Crippen molar-refractivity contribution in [1.29, 1.82) is 0 Å². The predicted molar refractivity (Wildman–Crippen MR) is 51.8 cm³/mol. The van der Waals surface area contributed by atoms with E-state index in [0.717, 1.165) is 5.56 Å². The van der Waals surface area contributed by atoms with Crippen LogP contribution in [0.15, 0.2) is 18.2 Å². The summed E-state index contributed by atoms with van der Waals surface area (Å²) in [6.07, 6.45) is 0.410. The first-order chi connectivity index (χ1) is 6.15. The van der Waals surface area contributed by atoms with E-state index in [9.17, 15) is 9.90 Å². The number of hydrogen-bond donors (Lipinski definition) is 2. The molecule has 0 bridgehead atoms. The number of rotatable bonds is 2. The van der Waals surface area contributed by atoms with Crippen molar-refractivity contribution in [3.63, 3.8) is 0 Å². The van der Waals surface area contributed by atoms with Crippen LogP contribution in [0.1, 0.15) is 18.9 Å². The lowest BCUT2D eigenvalue weighted by molar-refractivity contribution is -0.115. The van der Waals surface area contributed by atoms with Crippen LogP contribution in [0, 0.1) is 6.92 Å². The first-order valence-electron chi connectivity index (χ1n) is 4.23. The number of anilines is 1. The maximum atomic E-state index is 11.0. The van der Waals surface area contributed by atoms with E-state index in [0.29, 0.717) is 12.1 Å². The molecular formula is C10H13NO2. The summed E-state index contributed by atoms with van der Waals surface area (Å²) in [5.41, 5.74) is 1.24. The largest absolute Gasteiger partial charge is 0.505 e. The van der Waals surface area contributed by atoms with Gasteiger partial charge in [-0.2, -0.15) is 0 Å². The van der Waals surface area contributed by atoms with Gasteiger partial charge in [0, 0.05) is 6.42 Å². The van der Waals surface area contributed by atoms with E-state index >= 15 is 0 Å². The summed E-state index contributed by atoms with van der Waals surface area (Å²) in [5, 5.41) is 12.1. The van der Waals surface area contributed by atoms with Crippen LogP contribution in [0.3, 0.4) is 0 Å². The molecule has 0 heterocycles. The minimum Gasteiger partial charge on any atom is -0.505 e. The highest BCUT2D eigenvalue weighted by atomic mass is 16.3. The number of hydrogen-bond acceptors (Lipinski definition) is 2. The average Bonchev–Trinajstić information content (AvgIpc) is 2.13. The second kappa shape index (κ2) is 3.94. The highest BCUT2D eigenvalue weighted by Crippen LogP contribution is 2.26. The molecule has 0 spiro atoms. The van der Waals surface area contributed by atoms with Crippen LogP contribution in [-0.2, 0) is 4.79 Å². The van der Waals surface area contributed by atoms with E-state index in [1.54, 1.807) is 32.0 Å². The lowest BCUT2D eigenvalue weighted by atomic mass is 10.2. The maximum absolute atomic E-state index is 11.0. The normalized spacial score (nSPS) is 9.69. The number of para-hydroxylation sites is 1. The Morgan fingerprint density at radius 1 is 1.54 bits per heavy atom. The Morgan fingerprint density at radius 3 is 2.85 bits per heavy atom. The van der Waals surface area contributed by atoms with Gasteiger partial charge in [-0.3, -0.25) is 4.79 Å². The number of benzene rings is 1. The molecule has 0 fully saturated rings. The molecule has 0 aliphatic rings. The molecule has 0 saturated heterocycles. The van der Waals surface area contributed by atoms with E-state index in [-0.39, 0.29) is 11.7 Å². The summed E-state index contributed by atoms with van der Waals surface area (Å²) < 4.78 is 0. The Balaban J connectivity index is 2.89. The zero-order valence-corrected chi connectivity index (χ0v) is 7.79. The quantitative estimate of drug-likeness (QED) is 0.682. The first kappa shape index (κ1) is 9.58. The fraction of sp³-hybridized carbons (Fsp3) is 0.300. The van der Waals surface area contributed by atoms with Gasteiger partial charge in [-0.15, -0.1) is 0 Å². The molecule has 0 saturated carbocycles. The molecule has 3 heteroatoms. The lowest BCUT2D eigenvalue weighted by Crippen LogP contribution is -2.09. The van der Waals surface area contributed by atoms with Crippen LogP contribution in [0.4, 0.5) is 5.69 Å². The third kappa shape index (κ3) is 2.21. The lowest BCUT2D eigenvalue weighted by Gasteiger charge is -2.07. The minimum atomic E-state index is -0.0964. The Morgan fingerprint density at radius 2 is 2.23 bits per heavy atom. The van der Waals surface area contributed by atoms with Crippen LogP contribution >= 0.6 is 0 Å². The third-order valence-corrected chi connectivity index (χ3v) is 1.83. The number of amides is 1.